The van der Waals surface area contributed by atoms with Gasteiger partial charge in [-0.25, -0.2) is 9.80 Å². The van der Waals surface area contributed by atoms with Gasteiger partial charge in [0.1, 0.15) is 0 Å². The lowest BCUT2D eigenvalue weighted by Gasteiger charge is -2.44. The Morgan fingerprint density at radius 2 is 1.26 bits per heavy atom. The molecule has 0 N–H and O–H groups in total. The van der Waals surface area contributed by atoms with Crippen molar-refractivity contribution < 1.29 is 9.14 Å². The van der Waals surface area contributed by atoms with Crippen molar-refractivity contribution in [3.63, 3.8) is 0 Å². The molecule has 1 aromatic heterocycles. The summed E-state index contributed by atoms with van der Waals surface area (Å²) in [6, 6.07) is 42.4. The minimum Gasteiger partial charge on any atom is -0.234 e. The summed E-state index contributed by atoms with van der Waals surface area (Å²) < 4.78 is 5.42. The third-order valence-corrected chi connectivity index (χ3v) is 10.4. The maximum atomic E-state index is 2.74. The molecule has 4 nitrogen and oxygen atoms in total. The Morgan fingerprint density at radius 1 is 0.651 bits per heavy atom. The second-order valence-electron chi connectivity index (χ2n) is 12.2. The number of hydrogen-bond acceptors (Lipinski definition) is 2. The second-order valence-corrected chi connectivity index (χ2v) is 12.2. The van der Waals surface area contributed by atoms with Gasteiger partial charge in [0.05, 0.1) is 34.0 Å². The lowest BCUT2D eigenvalue weighted by atomic mass is 9.76. The highest BCUT2D eigenvalue weighted by Crippen LogP contribution is 2.57. The molecule has 0 radical (unpaired) electrons. The Balaban J connectivity index is 1.42. The quantitative estimate of drug-likeness (QED) is 0.217. The Bertz CT molecular complexity index is 2120. The van der Waals surface area contributed by atoms with Gasteiger partial charge in [-0.3, -0.25) is 0 Å². The van der Waals surface area contributed by atoms with Crippen LogP contribution in [0.4, 0.5) is 11.4 Å². The van der Waals surface area contributed by atoms with Crippen LogP contribution in [-0.4, -0.2) is 24.4 Å². The number of pyridine rings is 1. The van der Waals surface area contributed by atoms with Crippen molar-refractivity contribution in [3.05, 3.63) is 150 Å². The average molecular weight is 555 g/mol. The zero-order valence-electron chi connectivity index (χ0n) is 24.1. The molecule has 0 saturated carbocycles. The fourth-order valence-electron chi connectivity index (χ4n) is 8.71. The molecule has 4 heteroatoms. The van der Waals surface area contributed by atoms with Gasteiger partial charge in [0, 0.05) is 31.8 Å². The highest BCUT2D eigenvalue weighted by atomic mass is 15.7. The number of nitrogens with zero attached hydrogens (tertiary/aromatic N) is 4. The van der Waals surface area contributed by atoms with E-state index in [1.54, 1.807) is 0 Å². The Labute approximate surface area is 251 Å². The third kappa shape index (κ3) is 2.64. The lowest BCUT2D eigenvalue weighted by Crippen LogP contribution is -2.79. The van der Waals surface area contributed by atoms with Crippen LogP contribution >= 0.6 is 0 Å². The summed E-state index contributed by atoms with van der Waals surface area (Å²) in [4.78, 5) is 5.04. The van der Waals surface area contributed by atoms with E-state index in [-0.39, 0.29) is 12.0 Å². The molecule has 10 rings (SSSR count). The highest BCUT2D eigenvalue weighted by Gasteiger charge is 2.78. The maximum Gasteiger partial charge on any atom is 0.540 e. The molecule has 5 aromatic rings. The predicted molar refractivity (Wildman–Crippen MR) is 173 cm³/mol. The van der Waals surface area contributed by atoms with Crippen molar-refractivity contribution in [3.8, 4) is 22.4 Å². The first kappa shape index (κ1) is 23.4. The van der Waals surface area contributed by atoms with Gasteiger partial charge in [-0.1, -0.05) is 102 Å². The Hall–Kier alpha value is -5.22. The van der Waals surface area contributed by atoms with E-state index in [9.17, 15) is 0 Å². The number of hydrogen-bond donors (Lipinski definition) is 0. The summed E-state index contributed by atoms with van der Waals surface area (Å²) in [5, 5.41) is 0. The molecule has 3 atom stereocenters. The number of rotatable bonds is 2. The topological polar surface area (TPSA) is 13.4 Å². The van der Waals surface area contributed by atoms with E-state index in [1.807, 2.05) is 0 Å². The van der Waals surface area contributed by atoms with E-state index in [4.69, 9.17) is 0 Å². The minimum absolute atomic E-state index is 0.130. The normalized spacial score (nSPS) is 23.1. The van der Waals surface area contributed by atoms with Gasteiger partial charge < -0.3 is 0 Å². The van der Waals surface area contributed by atoms with Gasteiger partial charge in [0.2, 0.25) is 11.4 Å². The smallest absolute Gasteiger partial charge is 0.234 e. The SMILES string of the molecule is CN1c2ccccc2C2=[N+]3C4c5c(c(-c6ccccc6)cc6[n+]5[C@@]13N(C)c1ccccc1-6)C=CC4C(c1ccccc1)=C2. The van der Waals surface area contributed by atoms with Gasteiger partial charge >= 0.3 is 5.91 Å². The van der Waals surface area contributed by atoms with Gasteiger partial charge in [-0.05, 0) is 41.0 Å². The molecule has 0 saturated heterocycles. The van der Waals surface area contributed by atoms with Crippen LogP contribution in [-0.2, 0) is 5.91 Å². The molecule has 1 aliphatic carbocycles. The average Bonchev–Trinajstić information content (AvgIpc) is 3.41. The molecule has 5 heterocycles. The van der Waals surface area contributed by atoms with Crippen LogP contribution in [0.15, 0.2) is 127 Å². The molecule has 0 fully saturated rings. The molecule has 1 spiro atoms. The second kappa shape index (κ2) is 7.99. The molecular weight excluding hydrogens is 524 g/mol. The van der Waals surface area contributed by atoms with Crippen LogP contribution in [0.3, 0.4) is 0 Å². The van der Waals surface area contributed by atoms with Gasteiger partial charge in [0.25, 0.3) is 11.7 Å². The fraction of sp³-hybridized carbons (Fsp3) is 0.128. The molecule has 0 bridgehead atoms. The van der Waals surface area contributed by atoms with Crippen molar-refractivity contribution >= 4 is 28.7 Å². The van der Waals surface area contributed by atoms with Crippen LogP contribution in [0, 0.1) is 5.92 Å². The summed E-state index contributed by atoms with van der Waals surface area (Å²) >= 11 is 0. The summed E-state index contributed by atoms with van der Waals surface area (Å²) in [5.74, 6) is -0.376. The molecule has 204 valence electrons. The van der Waals surface area contributed by atoms with E-state index in [1.165, 1.54) is 67.4 Å². The molecule has 4 aliphatic heterocycles. The van der Waals surface area contributed by atoms with E-state index in [0.29, 0.717) is 0 Å². The third-order valence-electron chi connectivity index (χ3n) is 10.4. The van der Waals surface area contributed by atoms with Crippen LogP contribution in [0.1, 0.15) is 28.4 Å². The van der Waals surface area contributed by atoms with Crippen molar-refractivity contribution in [2.24, 2.45) is 5.92 Å². The molecular formula is C39H30N4+2. The van der Waals surface area contributed by atoms with Gasteiger partial charge in [-0.2, -0.15) is 0 Å². The van der Waals surface area contributed by atoms with Crippen molar-refractivity contribution in [1.29, 1.82) is 0 Å². The Morgan fingerprint density at radius 3 is 1.98 bits per heavy atom. The molecule has 2 unspecified atom stereocenters. The summed E-state index contributed by atoms with van der Waals surface area (Å²) in [6.07, 6.45) is 7.37. The highest BCUT2D eigenvalue weighted by molar-refractivity contribution is 6.14. The fourth-order valence-corrected chi connectivity index (χ4v) is 8.71. The lowest BCUT2D eigenvalue weighted by molar-refractivity contribution is -0.895. The largest absolute Gasteiger partial charge is 0.540 e. The van der Waals surface area contributed by atoms with Crippen LogP contribution in [0.25, 0.3) is 34.0 Å². The molecule has 43 heavy (non-hydrogen) atoms. The summed E-state index contributed by atoms with van der Waals surface area (Å²) in [7, 11) is 4.56. The van der Waals surface area contributed by atoms with Crippen LogP contribution in [0.5, 0.6) is 0 Å². The standard InChI is InChI=1S/C39H30N4/c1-40-33-19-11-9-17-29(33)35-23-31(25-13-5-3-6-14-25)27-21-22-28-32(26-15-7-4-8-16-26)24-36-30-18-10-12-20-34(30)41(2)39(40)42(35)37(27)38(28)43(36)39/h3-24,27,37H,1-2H3/q+2/t27?,37?,39-/m1/s1. The molecule has 0 amide bonds. The van der Waals surface area contributed by atoms with Gasteiger partial charge in [0.15, 0.2) is 0 Å². The number of para-hydroxylation sites is 2. The molecule has 5 aliphatic rings. The first-order valence-electron chi connectivity index (χ1n) is 15.2. The zero-order chi connectivity index (χ0) is 28.4. The van der Waals surface area contributed by atoms with E-state index < -0.39 is 5.91 Å². The van der Waals surface area contributed by atoms with E-state index in [0.717, 1.165) is 0 Å². The van der Waals surface area contributed by atoms with E-state index >= 15 is 0 Å². The number of fused-ring (bicyclic) bond motifs is 4. The number of aromatic nitrogens is 1. The minimum atomic E-state index is -0.583. The van der Waals surface area contributed by atoms with Crippen molar-refractivity contribution in [1.82, 2.24) is 0 Å². The van der Waals surface area contributed by atoms with Crippen LogP contribution < -0.4 is 14.4 Å². The monoisotopic (exact) mass is 554 g/mol. The van der Waals surface area contributed by atoms with Crippen molar-refractivity contribution in [2.45, 2.75) is 12.0 Å². The summed E-state index contributed by atoms with van der Waals surface area (Å²) in [5.41, 5.74) is 15.5. The number of benzene rings is 4. The van der Waals surface area contributed by atoms with E-state index in [2.05, 4.69) is 167 Å². The Kier molecular flexibility index (Phi) is 4.34. The molecule has 4 aromatic carbocycles. The predicted octanol–water partition coefficient (Wildman–Crippen LogP) is 7.07. The summed E-state index contributed by atoms with van der Waals surface area (Å²) in [6.45, 7) is 0. The first-order chi connectivity index (χ1) is 21.2. The first-order valence-corrected chi connectivity index (χ1v) is 15.2. The van der Waals surface area contributed by atoms with Gasteiger partial charge in [-0.15, -0.1) is 4.58 Å². The number of anilines is 2. The zero-order valence-corrected chi connectivity index (χ0v) is 24.1. The number of allylic oxidation sites excluding steroid dienone is 1. The van der Waals surface area contributed by atoms with Crippen molar-refractivity contribution in [2.75, 3.05) is 23.9 Å². The van der Waals surface area contributed by atoms with Crippen LogP contribution in [0.2, 0.25) is 0 Å². The maximum absolute atomic E-state index is 2.74.